The molecule has 8 heteroatoms. The Kier molecular flexibility index (Phi) is 4.54. The van der Waals surface area contributed by atoms with Crippen LogP contribution < -0.4 is 0 Å². The average Bonchev–Trinajstić information content (AvgIpc) is 2.91. The van der Waals surface area contributed by atoms with Crippen LogP contribution in [0.1, 0.15) is 38.7 Å². The number of carbonyl (C=O) groups excluding carboxylic acids is 1. The molecule has 0 spiro atoms. The van der Waals surface area contributed by atoms with Gasteiger partial charge in [-0.2, -0.15) is 0 Å². The summed E-state index contributed by atoms with van der Waals surface area (Å²) in [7, 11) is 0. The van der Waals surface area contributed by atoms with Crippen molar-refractivity contribution in [3.05, 3.63) is 34.6 Å². The molecule has 128 valence electrons. The van der Waals surface area contributed by atoms with Gasteiger partial charge in [-0.3, -0.25) is 0 Å². The summed E-state index contributed by atoms with van der Waals surface area (Å²) < 4.78 is 72.3. The maximum Gasteiger partial charge on any atom is 0.410 e. The maximum absolute atomic E-state index is 13.8. The van der Waals surface area contributed by atoms with Crippen molar-refractivity contribution < 1.29 is 31.5 Å². The zero-order chi connectivity index (χ0) is 17.5. The Morgan fingerprint density at radius 1 is 1.00 bits per heavy atom. The summed E-state index contributed by atoms with van der Waals surface area (Å²) in [6, 6.07) is 0. The highest BCUT2D eigenvalue weighted by molar-refractivity contribution is 5.68. The summed E-state index contributed by atoms with van der Waals surface area (Å²) in [5.74, 6) is -10.8. The van der Waals surface area contributed by atoms with Crippen LogP contribution >= 0.6 is 0 Å². The summed E-state index contributed by atoms with van der Waals surface area (Å²) in [6.07, 6.45) is -0.610. The van der Waals surface area contributed by atoms with E-state index < -0.39 is 52.3 Å². The third-order valence-corrected chi connectivity index (χ3v) is 3.49. The van der Waals surface area contributed by atoms with Crippen LogP contribution in [0.15, 0.2) is 0 Å². The molecule has 1 amide bonds. The molecule has 1 aliphatic rings. The van der Waals surface area contributed by atoms with Gasteiger partial charge in [-0.25, -0.2) is 26.7 Å². The van der Waals surface area contributed by atoms with Crippen LogP contribution in [-0.2, 0) is 4.74 Å². The number of amides is 1. The van der Waals surface area contributed by atoms with E-state index in [-0.39, 0.29) is 19.5 Å². The Morgan fingerprint density at radius 3 is 1.96 bits per heavy atom. The second-order valence-electron chi connectivity index (χ2n) is 6.40. The molecule has 0 bridgehead atoms. The third-order valence-electron chi connectivity index (χ3n) is 3.49. The Hall–Kier alpha value is -1.86. The molecule has 0 radical (unpaired) electrons. The van der Waals surface area contributed by atoms with E-state index in [4.69, 9.17) is 4.74 Å². The van der Waals surface area contributed by atoms with E-state index in [0.29, 0.717) is 0 Å². The fourth-order valence-electron chi connectivity index (χ4n) is 2.47. The van der Waals surface area contributed by atoms with E-state index in [9.17, 15) is 26.7 Å². The van der Waals surface area contributed by atoms with Crippen molar-refractivity contribution in [2.24, 2.45) is 0 Å². The van der Waals surface area contributed by atoms with Crippen molar-refractivity contribution in [2.75, 3.05) is 13.1 Å². The lowest BCUT2D eigenvalue weighted by Gasteiger charge is -2.24. The van der Waals surface area contributed by atoms with E-state index >= 15 is 0 Å². The third kappa shape index (κ3) is 3.40. The second kappa shape index (κ2) is 5.98. The molecule has 2 rings (SSSR count). The van der Waals surface area contributed by atoms with Gasteiger partial charge in [-0.15, -0.1) is 0 Å². The fraction of sp³-hybridized carbons (Fsp3) is 0.533. The first kappa shape index (κ1) is 17.5. The molecular formula is C15H16F5NO2. The molecule has 1 fully saturated rings. The average molecular weight is 337 g/mol. The topological polar surface area (TPSA) is 29.5 Å². The maximum atomic E-state index is 13.8. The summed E-state index contributed by atoms with van der Waals surface area (Å²) in [4.78, 5) is 13.1. The van der Waals surface area contributed by atoms with Gasteiger partial charge < -0.3 is 9.64 Å². The highest BCUT2D eigenvalue weighted by atomic mass is 19.2. The number of nitrogens with zero attached hydrogens (tertiary/aromatic N) is 1. The molecule has 0 saturated carbocycles. The fourth-order valence-corrected chi connectivity index (χ4v) is 2.47. The van der Waals surface area contributed by atoms with Crippen LogP contribution in [0.5, 0.6) is 0 Å². The number of halogens is 5. The highest BCUT2D eigenvalue weighted by Gasteiger charge is 2.36. The van der Waals surface area contributed by atoms with Crippen molar-refractivity contribution in [1.29, 1.82) is 0 Å². The van der Waals surface area contributed by atoms with Gasteiger partial charge in [0.25, 0.3) is 0 Å². The predicted molar refractivity (Wildman–Crippen MR) is 71.4 cm³/mol. The van der Waals surface area contributed by atoms with Crippen molar-refractivity contribution >= 4 is 6.09 Å². The number of rotatable bonds is 1. The van der Waals surface area contributed by atoms with E-state index in [0.717, 1.165) is 0 Å². The summed E-state index contributed by atoms with van der Waals surface area (Å²) >= 11 is 0. The molecule has 1 unspecified atom stereocenters. The van der Waals surface area contributed by atoms with E-state index in [1.807, 2.05) is 0 Å². The molecule has 1 aliphatic heterocycles. The summed E-state index contributed by atoms with van der Waals surface area (Å²) in [5.41, 5.74) is -1.63. The molecule has 3 nitrogen and oxygen atoms in total. The second-order valence-corrected chi connectivity index (χ2v) is 6.40. The predicted octanol–water partition coefficient (Wildman–Crippen LogP) is 4.11. The molecule has 0 aliphatic carbocycles. The van der Waals surface area contributed by atoms with Gasteiger partial charge in [0.05, 0.1) is 0 Å². The molecule has 1 heterocycles. The number of hydrogen-bond acceptors (Lipinski definition) is 2. The molecule has 1 aromatic carbocycles. The van der Waals surface area contributed by atoms with Gasteiger partial charge in [0.15, 0.2) is 23.3 Å². The van der Waals surface area contributed by atoms with Gasteiger partial charge in [-0.05, 0) is 27.2 Å². The number of likely N-dealkylation sites (tertiary alicyclic amines) is 1. The minimum atomic E-state index is -2.19. The van der Waals surface area contributed by atoms with Crippen molar-refractivity contribution in [3.63, 3.8) is 0 Å². The van der Waals surface area contributed by atoms with Crippen LogP contribution in [0.25, 0.3) is 0 Å². The SMILES string of the molecule is CC(C)(C)OC(=O)N1CCC(c2c(F)c(F)c(F)c(F)c2F)C1. The summed E-state index contributed by atoms with van der Waals surface area (Å²) in [6.45, 7) is 4.90. The highest BCUT2D eigenvalue weighted by Crippen LogP contribution is 2.34. The van der Waals surface area contributed by atoms with Gasteiger partial charge in [0, 0.05) is 24.6 Å². The smallest absolute Gasteiger partial charge is 0.410 e. The number of ether oxygens (including phenoxy) is 1. The van der Waals surface area contributed by atoms with E-state index in [1.54, 1.807) is 20.8 Å². The van der Waals surface area contributed by atoms with E-state index in [2.05, 4.69) is 0 Å². The van der Waals surface area contributed by atoms with Crippen LogP contribution in [0.3, 0.4) is 0 Å². The van der Waals surface area contributed by atoms with E-state index in [1.165, 1.54) is 4.90 Å². The molecular weight excluding hydrogens is 321 g/mol. The van der Waals surface area contributed by atoms with Crippen LogP contribution in [0.2, 0.25) is 0 Å². The molecule has 1 aromatic rings. The molecule has 0 aromatic heterocycles. The minimum Gasteiger partial charge on any atom is -0.444 e. The molecule has 23 heavy (non-hydrogen) atoms. The first-order chi connectivity index (χ1) is 10.5. The van der Waals surface area contributed by atoms with Crippen LogP contribution in [-0.4, -0.2) is 29.7 Å². The molecule has 1 atom stereocenters. The molecule has 0 N–H and O–H groups in total. The Bertz CT molecular complexity index is 613. The van der Waals surface area contributed by atoms with Crippen molar-refractivity contribution in [1.82, 2.24) is 4.90 Å². The molecule has 1 saturated heterocycles. The lowest BCUT2D eigenvalue weighted by Crippen LogP contribution is -2.35. The zero-order valence-corrected chi connectivity index (χ0v) is 12.9. The van der Waals surface area contributed by atoms with Crippen LogP contribution in [0, 0.1) is 29.1 Å². The van der Waals surface area contributed by atoms with Gasteiger partial charge >= 0.3 is 6.09 Å². The van der Waals surface area contributed by atoms with Gasteiger partial charge in [0.1, 0.15) is 5.60 Å². The lowest BCUT2D eigenvalue weighted by molar-refractivity contribution is 0.0292. The largest absolute Gasteiger partial charge is 0.444 e. The van der Waals surface area contributed by atoms with Crippen LogP contribution in [0.4, 0.5) is 26.7 Å². The van der Waals surface area contributed by atoms with Crippen molar-refractivity contribution in [3.8, 4) is 0 Å². The number of hydrogen-bond donors (Lipinski definition) is 0. The quantitative estimate of drug-likeness (QED) is 0.439. The minimum absolute atomic E-state index is 0.0809. The Balaban J connectivity index is 2.25. The first-order valence-corrected chi connectivity index (χ1v) is 7.02. The first-order valence-electron chi connectivity index (χ1n) is 7.02. The monoisotopic (exact) mass is 337 g/mol. The Morgan fingerprint density at radius 2 is 1.48 bits per heavy atom. The summed E-state index contributed by atoms with van der Waals surface area (Å²) in [5, 5.41) is 0. The lowest BCUT2D eigenvalue weighted by atomic mass is 9.96. The number of benzene rings is 1. The number of carbonyl (C=O) groups is 1. The van der Waals surface area contributed by atoms with Crippen molar-refractivity contribution in [2.45, 2.75) is 38.7 Å². The van der Waals surface area contributed by atoms with Gasteiger partial charge in [-0.1, -0.05) is 0 Å². The van der Waals surface area contributed by atoms with Gasteiger partial charge in [0.2, 0.25) is 5.82 Å². The standard InChI is InChI=1S/C15H16F5NO2/c1-15(2,3)23-14(22)21-5-4-7(6-21)8-9(16)11(18)13(20)12(19)10(8)17/h7H,4-6H2,1-3H3. The Labute approximate surface area is 130 Å². The zero-order valence-electron chi connectivity index (χ0n) is 12.9. The normalized spacial score (nSPS) is 18.4.